The Morgan fingerprint density at radius 1 is 1.44 bits per heavy atom. The monoisotopic (exact) mass is 242 g/mol. The van der Waals surface area contributed by atoms with E-state index in [9.17, 15) is 4.79 Å². The van der Waals surface area contributed by atoms with Crippen LogP contribution in [0.15, 0.2) is 18.2 Å². The second-order valence-corrected chi connectivity index (χ2v) is 4.24. The van der Waals surface area contributed by atoms with Crippen LogP contribution in [0.5, 0.6) is 5.75 Å². The highest BCUT2D eigenvalue weighted by Crippen LogP contribution is 2.33. The van der Waals surface area contributed by atoms with E-state index < -0.39 is 11.9 Å². The van der Waals surface area contributed by atoms with Crippen LogP contribution in [0.4, 0.5) is 0 Å². The number of rotatable bonds is 4. The first-order chi connectivity index (χ1) is 7.47. The molecule has 0 aliphatic heterocycles. The molecule has 0 aromatic heterocycles. The van der Waals surface area contributed by atoms with Crippen LogP contribution in [0, 0.1) is 5.92 Å². The summed E-state index contributed by atoms with van der Waals surface area (Å²) in [5.41, 5.74) is 0.824. The summed E-state index contributed by atoms with van der Waals surface area (Å²) in [7, 11) is 1.56. The number of halogens is 1. The van der Waals surface area contributed by atoms with E-state index in [4.69, 9.17) is 21.4 Å². The fourth-order valence-electron chi connectivity index (χ4n) is 1.54. The van der Waals surface area contributed by atoms with Crippen LogP contribution in [0.2, 0.25) is 5.02 Å². The van der Waals surface area contributed by atoms with Gasteiger partial charge in [-0.1, -0.05) is 25.4 Å². The van der Waals surface area contributed by atoms with Crippen molar-refractivity contribution in [2.75, 3.05) is 7.11 Å². The van der Waals surface area contributed by atoms with E-state index in [1.807, 2.05) is 6.92 Å². The van der Waals surface area contributed by atoms with Crippen LogP contribution in [0.1, 0.15) is 25.3 Å². The number of aliphatic carboxylic acids is 1. The standard InChI is InChI=1S/C12H15ClO3/c1-7(8(2)12(14)15)10-6-9(13)4-5-11(10)16-3/h4-8H,1-3H3,(H,14,15). The van der Waals surface area contributed by atoms with Crippen molar-refractivity contribution in [3.63, 3.8) is 0 Å². The van der Waals surface area contributed by atoms with E-state index in [0.717, 1.165) is 5.56 Å². The number of methoxy groups -OCH3 is 1. The van der Waals surface area contributed by atoms with Gasteiger partial charge in [-0.25, -0.2) is 0 Å². The maximum atomic E-state index is 10.9. The van der Waals surface area contributed by atoms with Crippen molar-refractivity contribution in [2.24, 2.45) is 5.92 Å². The van der Waals surface area contributed by atoms with E-state index in [1.54, 1.807) is 32.2 Å². The molecule has 3 nitrogen and oxygen atoms in total. The van der Waals surface area contributed by atoms with Crippen LogP contribution in [0.25, 0.3) is 0 Å². The third-order valence-electron chi connectivity index (χ3n) is 2.82. The average Bonchev–Trinajstić information content (AvgIpc) is 2.26. The maximum absolute atomic E-state index is 10.9. The van der Waals surface area contributed by atoms with E-state index in [0.29, 0.717) is 10.8 Å². The molecular formula is C12H15ClO3. The summed E-state index contributed by atoms with van der Waals surface area (Å²) in [5, 5.41) is 9.56. The fourth-order valence-corrected chi connectivity index (χ4v) is 1.72. The highest BCUT2D eigenvalue weighted by Gasteiger charge is 2.23. The van der Waals surface area contributed by atoms with E-state index in [-0.39, 0.29) is 5.92 Å². The molecule has 0 amide bonds. The molecule has 0 aliphatic carbocycles. The SMILES string of the molecule is COc1ccc(Cl)cc1C(C)C(C)C(=O)O. The molecule has 0 fully saturated rings. The topological polar surface area (TPSA) is 46.5 Å². The molecule has 88 valence electrons. The number of hydrogen-bond acceptors (Lipinski definition) is 2. The fraction of sp³-hybridized carbons (Fsp3) is 0.417. The Balaban J connectivity index is 3.10. The molecule has 2 atom stereocenters. The van der Waals surface area contributed by atoms with Gasteiger partial charge in [0.2, 0.25) is 0 Å². The summed E-state index contributed by atoms with van der Waals surface area (Å²) in [6.07, 6.45) is 0. The van der Waals surface area contributed by atoms with Gasteiger partial charge in [0.15, 0.2) is 0 Å². The van der Waals surface area contributed by atoms with Crippen molar-refractivity contribution >= 4 is 17.6 Å². The number of ether oxygens (including phenoxy) is 1. The molecule has 0 heterocycles. The Morgan fingerprint density at radius 2 is 2.06 bits per heavy atom. The van der Waals surface area contributed by atoms with E-state index >= 15 is 0 Å². The summed E-state index contributed by atoms with van der Waals surface area (Å²) in [6, 6.07) is 5.23. The lowest BCUT2D eigenvalue weighted by atomic mass is 9.88. The quantitative estimate of drug-likeness (QED) is 0.882. The molecule has 0 radical (unpaired) electrons. The van der Waals surface area contributed by atoms with Crippen molar-refractivity contribution in [1.29, 1.82) is 0 Å². The first-order valence-corrected chi connectivity index (χ1v) is 5.41. The molecule has 0 bridgehead atoms. The number of hydrogen-bond donors (Lipinski definition) is 1. The third kappa shape index (κ3) is 2.67. The van der Waals surface area contributed by atoms with Crippen molar-refractivity contribution in [3.05, 3.63) is 28.8 Å². The molecule has 1 rings (SSSR count). The van der Waals surface area contributed by atoms with Gasteiger partial charge in [0.1, 0.15) is 5.75 Å². The van der Waals surface area contributed by atoms with Gasteiger partial charge in [0, 0.05) is 5.02 Å². The number of carbonyl (C=O) groups is 1. The molecular weight excluding hydrogens is 228 g/mol. The van der Waals surface area contributed by atoms with Gasteiger partial charge >= 0.3 is 5.97 Å². The Bertz CT molecular complexity index is 390. The second kappa shape index (κ2) is 5.21. The zero-order valence-electron chi connectivity index (χ0n) is 9.53. The molecule has 1 aromatic carbocycles. The molecule has 1 N–H and O–H groups in total. The average molecular weight is 243 g/mol. The molecule has 16 heavy (non-hydrogen) atoms. The van der Waals surface area contributed by atoms with Gasteiger partial charge in [-0.2, -0.15) is 0 Å². The number of carboxylic acid groups (broad SMARTS) is 1. The van der Waals surface area contributed by atoms with Crippen LogP contribution < -0.4 is 4.74 Å². The molecule has 0 saturated carbocycles. The van der Waals surface area contributed by atoms with Crippen LogP contribution in [-0.4, -0.2) is 18.2 Å². The smallest absolute Gasteiger partial charge is 0.306 e. The summed E-state index contributed by atoms with van der Waals surface area (Å²) in [4.78, 5) is 10.9. The second-order valence-electron chi connectivity index (χ2n) is 3.80. The summed E-state index contributed by atoms with van der Waals surface area (Å²) in [5.74, 6) is -0.780. The number of carboxylic acids is 1. The summed E-state index contributed by atoms with van der Waals surface area (Å²) in [6.45, 7) is 3.53. The minimum absolute atomic E-state index is 0.147. The zero-order valence-corrected chi connectivity index (χ0v) is 10.3. The predicted molar refractivity (Wildman–Crippen MR) is 63.2 cm³/mol. The number of benzene rings is 1. The summed E-state index contributed by atoms with van der Waals surface area (Å²) < 4.78 is 5.20. The lowest BCUT2D eigenvalue weighted by Gasteiger charge is -2.19. The van der Waals surface area contributed by atoms with Crippen LogP contribution >= 0.6 is 11.6 Å². The van der Waals surface area contributed by atoms with Crippen LogP contribution in [0.3, 0.4) is 0 Å². The van der Waals surface area contributed by atoms with Gasteiger partial charge in [0.25, 0.3) is 0 Å². The Morgan fingerprint density at radius 3 is 2.56 bits per heavy atom. The van der Waals surface area contributed by atoms with E-state index in [1.165, 1.54) is 0 Å². The highest BCUT2D eigenvalue weighted by atomic mass is 35.5. The predicted octanol–water partition coefficient (Wildman–Crippen LogP) is 3.17. The Kier molecular flexibility index (Phi) is 4.19. The Labute approximate surface area is 100.0 Å². The van der Waals surface area contributed by atoms with Crippen LogP contribution in [-0.2, 0) is 4.79 Å². The van der Waals surface area contributed by atoms with Gasteiger partial charge in [-0.05, 0) is 29.7 Å². The molecule has 2 unspecified atom stereocenters. The third-order valence-corrected chi connectivity index (χ3v) is 3.06. The zero-order chi connectivity index (χ0) is 12.3. The first-order valence-electron chi connectivity index (χ1n) is 5.03. The Hall–Kier alpha value is -1.22. The molecule has 0 aliphatic rings. The van der Waals surface area contributed by atoms with Gasteiger partial charge < -0.3 is 9.84 Å². The van der Waals surface area contributed by atoms with E-state index in [2.05, 4.69) is 0 Å². The maximum Gasteiger partial charge on any atom is 0.306 e. The molecule has 4 heteroatoms. The minimum Gasteiger partial charge on any atom is -0.496 e. The molecule has 1 aromatic rings. The summed E-state index contributed by atoms with van der Waals surface area (Å²) >= 11 is 5.90. The first kappa shape index (κ1) is 12.8. The lowest BCUT2D eigenvalue weighted by Crippen LogP contribution is -2.17. The van der Waals surface area contributed by atoms with Crippen molar-refractivity contribution in [2.45, 2.75) is 19.8 Å². The van der Waals surface area contributed by atoms with Crippen molar-refractivity contribution < 1.29 is 14.6 Å². The van der Waals surface area contributed by atoms with Gasteiger partial charge in [-0.15, -0.1) is 0 Å². The highest BCUT2D eigenvalue weighted by molar-refractivity contribution is 6.30. The molecule has 0 saturated heterocycles. The largest absolute Gasteiger partial charge is 0.496 e. The lowest BCUT2D eigenvalue weighted by molar-refractivity contribution is -0.141. The van der Waals surface area contributed by atoms with Crippen molar-refractivity contribution in [3.8, 4) is 5.75 Å². The minimum atomic E-state index is -0.825. The molecule has 0 spiro atoms. The van der Waals surface area contributed by atoms with Gasteiger partial charge in [0.05, 0.1) is 13.0 Å². The normalized spacial score (nSPS) is 14.2. The van der Waals surface area contributed by atoms with Crippen molar-refractivity contribution in [1.82, 2.24) is 0 Å². The van der Waals surface area contributed by atoms with Gasteiger partial charge in [-0.3, -0.25) is 4.79 Å².